The van der Waals surface area contributed by atoms with Gasteiger partial charge in [-0.2, -0.15) is 0 Å². The summed E-state index contributed by atoms with van der Waals surface area (Å²) in [4.78, 5) is 12.3. The number of hydrogen-bond donors (Lipinski definition) is 0. The molecule has 0 aliphatic rings. The van der Waals surface area contributed by atoms with Crippen LogP contribution in [0.1, 0.15) is 54.9 Å². The number of unbranched alkanes of at least 4 members (excludes halogenated alkanes) is 3. The van der Waals surface area contributed by atoms with Crippen LogP contribution >= 0.6 is 0 Å². The minimum Gasteiger partial charge on any atom is -0.494 e. The third-order valence-corrected chi connectivity index (χ3v) is 4.59. The summed E-state index contributed by atoms with van der Waals surface area (Å²) >= 11 is 0. The summed E-state index contributed by atoms with van der Waals surface area (Å²) in [6.45, 7) is 10.8. The van der Waals surface area contributed by atoms with Gasteiger partial charge in [0.1, 0.15) is 17.3 Å². The first-order chi connectivity index (χ1) is 14.6. The van der Waals surface area contributed by atoms with E-state index in [9.17, 15) is 4.79 Å². The maximum Gasteiger partial charge on any atom is 0.343 e. The van der Waals surface area contributed by atoms with Gasteiger partial charge in [-0.25, -0.2) is 4.79 Å². The van der Waals surface area contributed by atoms with Gasteiger partial charge in [0, 0.05) is 0 Å². The number of hydrogen-bond acceptors (Lipinski definition) is 4. The largest absolute Gasteiger partial charge is 0.494 e. The molecule has 4 nitrogen and oxygen atoms in total. The maximum atomic E-state index is 12.3. The molecule has 0 aliphatic heterocycles. The molecule has 0 bridgehead atoms. The Kier molecular flexibility index (Phi) is 10.3. The van der Waals surface area contributed by atoms with Crippen LogP contribution in [0.5, 0.6) is 11.5 Å². The van der Waals surface area contributed by atoms with E-state index in [0.717, 1.165) is 44.3 Å². The van der Waals surface area contributed by atoms with E-state index < -0.39 is 0 Å². The van der Waals surface area contributed by atoms with Crippen molar-refractivity contribution in [2.75, 3.05) is 13.2 Å². The van der Waals surface area contributed by atoms with Gasteiger partial charge in [0.2, 0.25) is 0 Å². The van der Waals surface area contributed by atoms with Crippen LogP contribution in [0.3, 0.4) is 0 Å². The third-order valence-electron chi connectivity index (χ3n) is 4.59. The van der Waals surface area contributed by atoms with Gasteiger partial charge in [-0.1, -0.05) is 38.6 Å². The number of rotatable bonds is 14. The molecule has 0 radical (unpaired) electrons. The van der Waals surface area contributed by atoms with Crippen molar-refractivity contribution in [1.82, 2.24) is 0 Å². The Bertz CT molecular complexity index is 791. The van der Waals surface area contributed by atoms with E-state index in [1.54, 1.807) is 30.3 Å². The summed E-state index contributed by atoms with van der Waals surface area (Å²) in [7, 11) is 0. The van der Waals surface area contributed by atoms with Crippen LogP contribution in [-0.4, -0.2) is 19.2 Å². The van der Waals surface area contributed by atoms with Crippen LogP contribution in [-0.2, 0) is 11.2 Å². The molecule has 0 atom stereocenters. The Morgan fingerprint density at radius 2 is 1.53 bits per heavy atom. The summed E-state index contributed by atoms with van der Waals surface area (Å²) < 4.78 is 16.6. The van der Waals surface area contributed by atoms with E-state index in [2.05, 4.69) is 20.1 Å². The average molecular weight is 409 g/mol. The fourth-order valence-corrected chi connectivity index (χ4v) is 2.88. The molecule has 0 unspecified atom stereocenters. The highest BCUT2D eigenvalue weighted by molar-refractivity contribution is 5.91. The highest BCUT2D eigenvalue weighted by Crippen LogP contribution is 2.17. The lowest BCUT2D eigenvalue weighted by Crippen LogP contribution is -2.08. The molecule has 4 heteroatoms. The van der Waals surface area contributed by atoms with Gasteiger partial charge < -0.3 is 14.2 Å². The summed E-state index contributed by atoms with van der Waals surface area (Å²) in [5, 5.41) is 0. The van der Waals surface area contributed by atoms with Gasteiger partial charge in [0.25, 0.3) is 0 Å². The first-order valence-electron chi connectivity index (χ1n) is 10.6. The monoisotopic (exact) mass is 408 g/mol. The molecular weight excluding hydrogens is 376 g/mol. The molecule has 2 aromatic carbocycles. The molecule has 0 heterocycles. The zero-order valence-electron chi connectivity index (χ0n) is 17.9. The van der Waals surface area contributed by atoms with Crippen LogP contribution in [0, 0.1) is 0 Å². The highest BCUT2D eigenvalue weighted by atomic mass is 16.5. The van der Waals surface area contributed by atoms with Gasteiger partial charge in [0.15, 0.2) is 0 Å². The average Bonchev–Trinajstić information content (AvgIpc) is 2.77. The van der Waals surface area contributed by atoms with Crippen LogP contribution in [0.4, 0.5) is 0 Å². The second-order valence-corrected chi connectivity index (χ2v) is 7.09. The van der Waals surface area contributed by atoms with Crippen molar-refractivity contribution in [3.05, 3.63) is 84.7 Å². The topological polar surface area (TPSA) is 44.8 Å². The molecule has 0 aliphatic carbocycles. The number of aryl methyl sites for hydroxylation is 1. The van der Waals surface area contributed by atoms with Crippen molar-refractivity contribution in [3.63, 3.8) is 0 Å². The molecule has 2 aromatic rings. The molecular formula is C26H32O4. The van der Waals surface area contributed by atoms with Crippen molar-refractivity contribution in [1.29, 1.82) is 0 Å². The molecule has 0 spiro atoms. The molecule has 0 N–H and O–H groups in total. The van der Waals surface area contributed by atoms with Gasteiger partial charge >= 0.3 is 5.97 Å². The number of allylic oxidation sites excluding steroid dienone is 1. The third kappa shape index (κ3) is 8.56. The number of carbonyl (C=O) groups excluding carboxylic acids is 1. The Morgan fingerprint density at radius 1 is 0.900 bits per heavy atom. The lowest BCUT2D eigenvalue weighted by Gasteiger charge is -2.08. The van der Waals surface area contributed by atoms with Crippen molar-refractivity contribution in [2.24, 2.45) is 0 Å². The smallest absolute Gasteiger partial charge is 0.343 e. The number of esters is 1. The molecule has 160 valence electrons. The quantitative estimate of drug-likeness (QED) is 0.117. The number of carbonyl (C=O) groups is 1. The fourth-order valence-electron chi connectivity index (χ4n) is 2.88. The summed E-state index contributed by atoms with van der Waals surface area (Å²) in [6, 6.07) is 14.7. The normalized spacial score (nSPS) is 10.3. The molecule has 0 aromatic heterocycles. The van der Waals surface area contributed by atoms with E-state index in [0.29, 0.717) is 30.3 Å². The molecule has 0 fully saturated rings. The predicted octanol–water partition coefficient (Wildman–Crippen LogP) is 6.51. The molecule has 2 rings (SSSR count). The van der Waals surface area contributed by atoms with Gasteiger partial charge in [-0.05, 0) is 80.1 Å². The Hall–Kier alpha value is -3.01. The van der Waals surface area contributed by atoms with Gasteiger partial charge in [-0.3, -0.25) is 0 Å². The van der Waals surface area contributed by atoms with Crippen LogP contribution in [0.2, 0.25) is 0 Å². The molecule has 0 saturated heterocycles. The summed E-state index contributed by atoms with van der Waals surface area (Å²) in [6.07, 6.45) is 7.85. The number of ether oxygens (including phenoxy) is 3. The standard InChI is InChI=1S/C26H32O4/c1-4-10-22-11-15-25(16-12-22)30-26(27)23-13-17-24(18-14-23)29-20-9-7-6-8-19-28-21(3)5-2/h5,11-18H,2-4,6-10,19-20H2,1H3. The van der Waals surface area contributed by atoms with E-state index in [-0.39, 0.29) is 5.97 Å². The molecule has 30 heavy (non-hydrogen) atoms. The van der Waals surface area contributed by atoms with Crippen molar-refractivity contribution in [2.45, 2.75) is 45.4 Å². The van der Waals surface area contributed by atoms with Crippen molar-refractivity contribution >= 4 is 5.97 Å². The van der Waals surface area contributed by atoms with Crippen molar-refractivity contribution in [3.8, 4) is 11.5 Å². The maximum absolute atomic E-state index is 12.3. The zero-order valence-corrected chi connectivity index (χ0v) is 17.9. The summed E-state index contributed by atoms with van der Waals surface area (Å²) in [5.74, 6) is 1.56. The van der Waals surface area contributed by atoms with E-state index >= 15 is 0 Å². The first-order valence-corrected chi connectivity index (χ1v) is 10.6. The van der Waals surface area contributed by atoms with E-state index in [4.69, 9.17) is 14.2 Å². The van der Waals surface area contributed by atoms with Crippen molar-refractivity contribution < 1.29 is 19.0 Å². The predicted molar refractivity (Wildman–Crippen MR) is 121 cm³/mol. The lowest BCUT2D eigenvalue weighted by atomic mass is 10.1. The van der Waals surface area contributed by atoms with Crippen LogP contribution < -0.4 is 9.47 Å². The molecule has 0 amide bonds. The van der Waals surface area contributed by atoms with Crippen LogP contribution in [0.25, 0.3) is 0 Å². The highest BCUT2D eigenvalue weighted by Gasteiger charge is 2.09. The van der Waals surface area contributed by atoms with E-state index in [1.807, 2.05) is 24.3 Å². The van der Waals surface area contributed by atoms with Gasteiger partial charge in [0.05, 0.1) is 18.8 Å². The lowest BCUT2D eigenvalue weighted by molar-refractivity contribution is 0.0734. The minimum absolute atomic E-state index is 0.369. The van der Waals surface area contributed by atoms with Crippen LogP contribution in [0.15, 0.2) is 73.5 Å². The number of benzene rings is 2. The SMILES string of the molecule is C=CC(=C)OCCCCCCOc1ccc(C(=O)Oc2ccc(CCC)cc2)cc1. The fraction of sp³-hybridized carbons (Fsp3) is 0.346. The Morgan fingerprint density at radius 3 is 2.17 bits per heavy atom. The van der Waals surface area contributed by atoms with Gasteiger partial charge in [-0.15, -0.1) is 0 Å². The summed E-state index contributed by atoms with van der Waals surface area (Å²) in [5.41, 5.74) is 1.74. The molecule has 0 saturated carbocycles. The van der Waals surface area contributed by atoms with E-state index in [1.165, 1.54) is 5.56 Å². The zero-order chi connectivity index (χ0) is 21.6. The first kappa shape index (κ1) is 23.3. The Balaban J connectivity index is 1.66. The minimum atomic E-state index is -0.369. The second kappa shape index (κ2) is 13.3. The Labute approximate surface area is 180 Å². The second-order valence-electron chi connectivity index (χ2n) is 7.09.